The van der Waals surface area contributed by atoms with Gasteiger partial charge >= 0.3 is 0 Å². The molecule has 0 spiro atoms. The smallest absolute Gasteiger partial charge is 0.220 e. The lowest BCUT2D eigenvalue weighted by Crippen LogP contribution is -2.40. The highest BCUT2D eigenvalue weighted by Gasteiger charge is 2.31. The molecule has 1 unspecified atom stereocenters. The van der Waals surface area contributed by atoms with Crippen molar-refractivity contribution in [3.63, 3.8) is 0 Å². The minimum absolute atomic E-state index is 0.0659. The maximum Gasteiger partial charge on any atom is 0.220 e. The van der Waals surface area contributed by atoms with Gasteiger partial charge in [0.2, 0.25) is 5.91 Å². The summed E-state index contributed by atoms with van der Waals surface area (Å²) in [4.78, 5) is 15.9. The quantitative estimate of drug-likeness (QED) is 0.861. The van der Waals surface area contributed by atoms with Crippen molar-refractivity contribution in [3.8, 4) is 0 Å². The molecule has 1 saturated carbocycles. The van der Waals surface area contributed by atoms with Gasteiger partial charge in [0.1, 0.15) is 0 Å². The molecule has 23 heavy (non-hydrogen) atoms. The fourth-order valence-corrected chi connectivity index (χ4v) is 4.72. The van der Waals surface area contributed by atoms with E-state index in [1.165, 1.54) is 17.7 Å². The van der Waals surface area contributed by atoms with E-state index in [0.29, 0.717) is 24.4 Å². The number of thiophene rings is 1. The van der Waals surface area contributed by atoms with Crippen molar-refractivity contribution in [1.82, 2.24) is 10.2 Å². The molecule has 1 aliphatic rings. The molecule has 0 aromatic carbocycles. The summed E-state index contributed by atoms with van der Waals surface area (Å²) >= 11 is 1.86. The van der Waals surface area contributed by atoms with E-state index in [2.05, 4.69) is 62.6 Å². The van der Waals surface area contributed by atoms with Gasteiger partial charge in [0, 0.05) is 23.4 Å². The molecule has 1 aromatic rings. The predicted octanol–water partition coefficient (Wildman–Crippen LogP) is 4.46. The first-order valence-corrected chi connectivity index (χ1v) is 9.63. The monoisotopic (exact) mass is 336 g/mol. The topological polar surface area (TPSA) is 32.3 Å². The van der Waals surface area contributed by atoms with E-state index >= 15 is 0 Å². The maximum absolute atomic E-state index is 12.1. The zero-order valence-electron chi connectivity index (χ0n) is 15.3. The Morgan fingerprint density at radius 2 is 1.96 bits per heavy atom. The highest BCUT2D eigenvalue weighted by atomic mass is 32.1. The van der Waals surface area contributed by atoms with Crippen molar-refractivity contribution in [3.05, 3.63) is 22.4 Å². The van der Waals surface area contributed by atoms with Gasteiger partial charge in [0.05, 0.1) is 0 Å². The second-order valence-electron chi connectivity index (χ2n) is 8.34. The van der Waals surface area contributed by atoms with Crippen LogP contribution in [0.4, 0.5) is 0 Å². The summed E-state index contributed by atoms with van der Waals surface area (Å²) in [7, 11) is 4.36. The number of nitrogens with zero attached hydrogens (tertiary/aromatic N) is 1. The summed E-state index contributed by atoms with van der Waals surface area (Å²) < 4.78 is 0. The number of rotatable bonds is 5. The molecular weight excluding hydrogens is 304 g/mol. The third kappa shape index (κ3) is 5.61. The highest BCUT2D eigenvalue weighted by Crippen LogP contribution is 2.39. The van der Waals surface area contributed by atoms with Gasteiger partial charge in [0.25, 0.3) is 0 Å². The molecule has 1 heterocycles. The standard InChI is InChI=1S/C19H32N2OS/c1-19(2,3)13-17(22)20-15-10-8-14(9-11-15)18(21(4)5)16-7-6-12-23-16/h6-7,12,14-15,18H,8-11,13H2,1-5H3,(H,20,22). The predicted molar refractivity (Wildman–Crippen MR) is 98.7 cm³/mol. The summed E-state index contributed by atoms with van der Waals surface area (Å²) in [5.74, 6) is 0.905. The molecule has 4 heteroatoms. The van der Waals surface area contributed by atoms with Gasteiger partial charge in [-0.05, 0) is 62.6 Å². The van der Waals surface area contributed by atoms with Gasteiger partial charge in [-0.25, -0.2) is 0 Å². The molecule has 1 fully saturated rings. The van der Waals surface area contributed by atoms with Crippen molar-refractivity contribution in [2.24, 2.45) is 11.3 Å². The van der Waals surface area contributed by atoms with Gasteiger partial charge in [0.15, 0.2) is 0 Å². The molecule has 1 atom stereocenters. The van der Waals surface area contributed by atoms with E-state index in [1.54, 1.807) is 0 Å². The van der Waals surface area contributed by atoms with Crippen molar-refractivity contribution >= 4 is 17.2 Å². The fraction of sp³-hybridized carbons (Fsp3) is 0.737. The molecule has 1 aliphatic carbocycles. The first-order chi connectivity index (χ1) is 10.8. The number of hydrogen-bond acceptors (Lipinski definition) is 3. The molecule has 3 nitrogen and oxygen atoms in total. The van der Waals surface area contributed by atoms with E-state index in [4.69, 9.17) is 0 Å². The van der Waals surface area contributed by atoms with E-state index < -0.39 is 0 Å². The lowest BCUT2D eigenvalue weighted by atomic mass is 9.80. The third-order valence-electron chi connectivity index (χ3n) is 4.67. The van der Waals surface area contributed by atoms with Crippen LogP contribution in [0.3, 0.4) is 0 Å². The molecule has 0 radical (unpaired) electrons. The first-order valence-electron chi connectivity index (χ1n) is 8.75. The van der Waals surface area contributed by atoms with E-state index in [-0.39, 0.29) is 11.3 Å². The maximum atomic E-state index is 12.1. The summed E-state index contributed by atoms with van der Waals surface area (Å²) in [5.41, 5.74) is 0.0659. The Morgan fingerprint density at radius 1 is 1.30 bits per heavy atom. The fourth-order valence-electron chi connectivity index (χ4n) is 3.71. The lowest BCUT2D eigenvalue weighted by molar-refractivity contribution is -0.123. The Hall–Kier alpha value is -0.870. The van der Waals surface area contributed by atoms with Crippen LogP contribution < -0.4 is 5.32 Å². The average Bonchev–Trinajstić information content (AvgIpc) is 2.92. The van der Waals surface area contributed by atoms with Gasteiger partial charge in [-0.2, -0.15) is 0 Å². The van der Waals surface area contributed by atoms with Crippen LogP contribution in [-0.4, -0.2) is 30.9 Å². The van der Waals surface area contributed by atoms with Crippen LogP contribution in [0.5, 0.6) is 0 Å². The molecule has 0 bridgehead atoms. The molecule has 0 aliphatic heterocycles. The largest absolute Gasteiger partial charge is 0.353 e. The Labute approximate surface area is 145 Å². The van der Waals surface area contributed by atoms with Crippen LogP contribution in [0.1, 0.15) is 63.8 Å². The van der Waals surface area contributed by atoms with Crippen molar-refractivity contribution < 1.29 is 4.79 Å². The van der Waals surface area contributed by atoms with E-state index in [9.17, 15) is 4.79 Å². The second-order valence-corrected chi connectivity index (χ2v) is 9.32. The number of hydrogen-bond donors (Lipinski definition) is 1. The third-order valence-corrected chi connectivity index (χ3v) is 5.61. The number of nitrogens with one attached hydrogen (secondary N) is 1. The van der Waals surface area contributed by atoms with Crippen molar-refractivity contribution in [1.29, 1.82) is 0 Å². The normalized spacial score (nSPS) is 23.7. The summed E-state index contributed by atoms with van der Waals surface area (Å²) in [6.45, 7) is 6.35. The molecular formula is C19H32N2OS. The summed E-state index contributed by atoms with van der Waals surface area (Å²) in [5, 5.41) is 5.42. The summed E-state index contributed by atoms with van der Waals surface area (Å²) in [6.07, 6.45) is 5.22. The zero-order valence-corrected chi connectivity index (χ0v) is 16.1. The minimum Gasteiger partial charge on any atom is -0.353 e. The number of carbonyl (C=O) groups is 1. The first kappa shape index (κ1) is 18.5. The molecule has 2 rings (SSSR count). The zero-order chi connectivity index (χ0) is 17.0. The van der Waals surface area contributed by atoms with E-state index in [1.807, 2.05) is 11.3 Å². The van der Waals surface area contributed by atoms with Gasteiger partial charge < -0.3 is 10.2 Å². The molecule has 1 aromatic heterocycles. The van der Waals surface area contributed by atoms with E-state index in [0.717, 1.165) is 12.8 Å². The van der Waals surface area contributed by atoms with Crippen molar-refractivity contribution in [2.45, 2.75) is 65.0 Å². The Balaban J connectivity index is 1.86. The summed E-state index contributed by atoms with van der Waals surface area (Å²) in [6, 6.07) is 5.29. The van der Waals surface area contributed by atoms with Gasteiger partial charge in [-0.1, -0.05) is 26.8 Å². The number of amides is 1. The molecule has 130 valence electrons. The minimum atomic E-state index is 0.0659. The Morgan fingerprint density at radius 3 is 2.43 bits per heavy atom. The Kier molecular flexibility index (Phi) is 6.26. The van der Waals surface area contributed by atoms with Crippen molar-refractivity contribution in [2.75, 3.05) is 14.1 Å². The molecule has 1 amide bonds. The average molecular weight is 337 g/mol. The van der Waals surface area contributed by atoms with Gasteiger partial charge in [-0.3, -0.25) is 4.79 Å². The molecule has 0 saturated heterocycles. The van der Waals surface area contributed by atoms with Crippen LogP contribution in [-0.2, 0) is 4.79 Å². The second kappa shape index (κ2) is 7.80. The SMILES string of the molecule is CN(C)C(c1cccs1)C1CCC(NC(=O)CC(C)(C)C)CC1. The van der Waals surface area contributed by atoms with Crippen LogP contribution in [0.2, 0.25) is 0 Å². The van der Waals surface area contributed by atoms with Crippen LogP contribution in [0.15, 0.2) is 17.5 Å². The Bertz CT molecular complexity index is 482. The van der Waals surface area contributed by atoms with Crippen LogP contribution in [0.25, 0.3) is 0 Å². The highest BCUT2D eigenvalue weighted by molar-refractivity contribution is 7.10. The number of carbonyl (C=O) groups excluding carboxylic acids is 1. The lowest BCUT2D eigenvalue weighted by Gasteiger charge is -2.37. The van der Waals surface area contributed by atoms with Crippen LogP contribution in [0, 0.1) is 11.3 Å². The molecule has 1 N–H and O–H groups in total. The van der Waals surface area contributed by atoms with Gasteiger partial charge in [-0.15, -0.1) is 11.3 Å². The van der Waals surface area contributed by atoms with Crippen LogP contribution >= 0.6 is 11.3 Å².